The van der Waals surface area contributed by atoms with E-state index in [2.05, 4.69) is 27.6 Å². The number of esters is 1. The summed E-state index contributed by atoms with van der Waals surface area (Å²) in [5, 5.41) is 10.9. The molecule has 1 aliphatic heterocycles. The minimum Gasteiger partial charge on any atom is -0.506 e. The highest BCUT2D eigenvalue weighted by Gasteiger charge is 2.33. The van der Waals surface area contributed by atoms with Gasteiger partial charge in [-0.15, -0.1) is 0 Å². The highest BCUT2D eigenvalue weighted by molar-refractivity contribution is 14.1. The maximum atomic E-state index is 13.2. The number of amides is 1. The highest BCUT2D eigenvalue weighted by Crippen LogP contribution is 2.41. The summed E-state index contributed by atoms with van der Waals surface area (Å²) < 4.78 is 30.8. The van der Waals surface area contributed by atoms with Gasteiger partial charge < -0.3 is 19.3 Å². The predicted octanol–water partition coefficient (Wildman–Crippen LogP) is 6.21. The second-order valence-electron chi connectivity index (χ2n) is 7.40. The van der Waals surface area contributed by atoms with E-state index in [1.54, 1.807) is 38.1 Å². The molecule has 1 heterocycles. The summed E-state index contributed by atoms with van der Waals surface area (Å²) in [6.07, 6.45) is 1.84. The summed E-state index contributed by atoms with van der Waals surface area (Å²) in [5.74, 6) is -0.755. The van der Waals surface area contributed by atoms with Gasteiger partial charge in [0.2, 0.25) is 5.91 Å². The Labute approximate surface area is 226 Å². The fourth-order valence-corrected chi connectivity index (χ4v) is 4.96. The van der Waals surface area contributed by atoms with Crippen LogP contribution in [0.4, 0.5) is 4.39 Å². The van der Waals surface area contributed by atoms with Crippen molar-refractivity contribution in [3.8, 4) is 11.5 Å². The number of rotatable bonds is 9. The fraction of sp³-hybridized carbons (Fsp3) is 0.269. The first kappa shape index (κ1) is 27.7. The molecule has 0 unspecified atom stereocenters. The van der Waals surface area contributed by atoms with Gasteiger partial charge in [-0.3, -0.25) is 4.79 Å². The van der Waals surface area contributed by atoms with Crippen LogP contribution >= 0.6 is 34.4 Å². The molecule has 0 aliphatic carbocycles. The number of halogens is 2. The van der Waals surface area contributed by atoms with Crippen molar-refractivity contribution in [2.45, 2.75) is 33.8 Å². The summed E-state index contributed by atoms with van der Waals surface area (Å²) in [5.41, 5.74) is 1.35. The van der Waals surface area contributed by atoms with E-state index in [0.29, 0.717) is 28.6 Å². The lowest BCUT2D eigenvalue weighted by atomic mass is 10.1. The van der Waals surface area contributed by atoms with Gasteiger partial charge >= 0.3 is 5.97 Å². The van der Waals surface area contributed by atoms with Crippen LogP contribution in [0.25, 0.3) is 6.08 Å². The molecule has 10 heteroatoms. The minimum absolute atomic E-state index is 0.100. The van der Waals surface area contributed by atoms with Crippen LogP contribution in [0.5, 0.6) is 11.5 Å². The lowest BCUT2D eigenvalue weighted by Gasteiger charge is -2.15. The van der Waals surface area contributed by atoms with Crippen LogP contribution in [-0.2, 0) is 20.9 Å². The number of aliphatic imine (C=N–C) groups is 1. The Hall–Kier alpha value is -2.86. The molecule has 36 heavy (non-hydrogen) atoms. The Morgan fingerprint density at radius 3 is 2.47 bits per heavy atom. The van der Waals surface area contributed by atoms with E-state index in [0.717, 1.165) is 20.9 Å². The smallest absolute Gasteiger partial charge is 0.344 e. The summed E-state index contributed by atoms with van der Waals surface area (Å²) in [4.78, 5) is 28.7. The van der Waals surface area contributed by atoms with Gasteiger partial charge in [0.1, 0.15) is 28.8 Å². The normalized spacial score (nSPS) is 15.5. The number of benzene rings is 2. The third kappa shape index (κ3) is 6.88. The predicted molar refractivity (Wildman–Crippen MR) is 146 cm³/mol. The van der Waals surface area contributed by atoms with E-state index in [9.17, 15) is 19.1 Å². The zero-order valence-electron chi connectivity index (χ0n) is 20.0. The maximum Gasteiger partial charge on any atom is 0.344 e. The number of carbonyl (C=O) groups is 2. The number of hydrogen-bond donors (Lipinski definition) is 1. The van der Waals surface area contributed by atoms with E-state index in [1.165, 1.54) is 12.1 Å². The lowest BCUT2D eigenvalue weighted by Crippen LogP contribution is -2.14. The first-order valence-electron chi connectivity index (χ1n) is 11.2. The van der Waals surface area contributed by atoms with Crippen LogP contribution in [0, 0.1) is 9.39 Å². The van der Waals surface area contributed by atoms with Crippen LogP contribution in [-0.4, -0.2) is 35.2 Å². The first-order chi connectivity index (χ1) is 17.3. The Bertz CT molecular complexity index is 1240. The SMILES string of the molecule is CCOC(=O)C1=C(O)/C(=C/c2cc(I)c(OCc3ccc(F)cc3)c(OCC)c2)SC1=NC(=O)CC. The van der Waals surface area contributed by atoms with E-state index >= 15 is 0 Å². The molecule has 2 aromatic rings. The van der Waals surface area contributed by atoms with E-state index in [1.807, 2.05) is 13.0 Å². The number of thioether (sulfide) groups is 1. The molecule has 0 radical (unpaired) electrons. The number of hydrogen-bond acceptors (Lipinski definition) is 7. The monoisotopic (exact) mass is 625 g/mol. The molecule has 7 nitrogen and oxygen atoms in total. The van der Waals surface area contributed by atoms with Crippen molar-refractivity contribution in [1.82, 2.24) is 0 Å². The van der Waals surface area contributed by atoms with Crippen molar-refractivity contribution < 1.29 is 33.3 Å². The quantitative estimate of drug-likeness (QED) is 0.262. The van der Waals surface area contributed by atoms with Gasteiger partial charge in [0.25, 0.3) is 0 Å². The van der Waals surface area contributed by atoms with E-state index < -0.39 is 11.9 Å². The maximum absolute atomic E-state index is 13.2. The summed E-state index contributed by atoms with van der Waals surface area (Å²) in [6.45, 7) is 5.90. The van der Waals surface area contributed by atoms with Crippen molar-refractivity contribution >= 4 is 57.3 Å². The number of carbonyl (C=O) groups excluding carboxylic acids is 2. The summed E-state index contributed by atoms with van der Waals surface area (Å²) in [7, 11) is 0. The van der Waals surface area contributed by atoms with Crippen molar-refractivity contribution in [3.63, 3.8) is 0 Å². The van der Waals surface area contributed by atoms with Gasteiger partial charge in [-0.2, -0.15) is 0 Å². The molecule has 0 aromatic heterocycles. The number of nitrogens with zero attached hydrogens (tertiary/aromatic N) is 1. The average Bonchev–Trinajstić information content (AvgIpc) is 3.14. The lowest BCUT2D eigenvalue weighted by molar-refractivity contribution is -0.138. The van der Waals surface area contributed by atoms with Crippen LogP contribution < -0.4 is 9.47 Å². The molecule has 0 spiro atoms. The number of aliphatic hydroxyl groups is 1. The molecule has 1 amide bonds. The molecule has 2 aromatic carbocycles. The molecule has 190 valence electrons. The second-order valence-corrected chi connectivity index (χ2v) is 9.59. The van der Waals surface area contributed by atoms with Crippen molar-refractivity contribution in [3.05, 3.63) is 73.1 Å². The average molecular weight is 625 g/mol. The third-order valence-electron chi connectivity index (χ3n) is 4.82. The first-order valence-corrected chi connectivity index (χ1v) is 13.1. The van der Waals surface area contributed by atoms with Crippen LogP contribution in [0.2, 0.25) is 0 Å². The third-order valence-corrected chi connectivity index (χ3v) is 6.65. The van der Waals surface area contributed by atoms with Gasteiger partial charge in [0.05, 0.1) is 21.7 Å². The van der Waals surface area contributed by atoms with E-state index in [4.69, 9.17) is 14.2 Å². The van der Waals surface area contributed by atoms with Crippen LogP contribution in [0.3, 0.4) is 0 Å². The largest absolute Gasteiger partial charge is 0.506 e. The molecule has 1 aliphatic rings. The van der Waals surface area contributed by atoms with Crippen LogP contribution in [0.15, 0.2) is 57.6 Å². The van der Waals surface area contributed by atoms with Gasteiger partial charge in [0, 0.05) is 6.42 Å². The second kappa shape index (κ2) is 12.9. The van der Waals surface area contributed by atoms with Gasteiger partial charge in [-0.05, 0) is 77.9 Å². The Balaban J connectivity index is 1.96. The molecule has 0 saturated heterocycles. The zero-order valence-corrected chi connectivity index (χ0v) is 22.9. The van der Waals surface area contributed by atoms with Crippen molar-refractivity contribution in [1.29, 1.82) is 0 Å². The molecular formula is C26H25FINO6S. The Kier molecular flexibility index (Phi) is 9.94. The van der Waals surface area contributed by atoms with Crippen molar-refractivity contribution in [2.75, 3.05) is 13.2 Å². The van der Waals surface area contributed by atoms with Gasteiger partial charge in [-0.1, -0.05) is 30.8 Å². The molecule has 0 saturated carbocycles. The van der Waals surface area contributed by atoms with Gasteiger partial charge in [0.15, 0.2) is 11.5 Å². The minimum atomic E-state index is -0.748. The van der Waals surface area contributed by atoms with Crippen molar-refractivity contribution in [2.24, 2.45) is 4.99 Å². The zero-order chi connectivity index (χ0) is 26.2. The Morgan fingerprint density at radius 2 is 1.83 bits per heavy atom. The molecule has 3 rings (SSSR count). The molecule has 0 fully saturated rings. The summed E-state index contributed by atoms with van der Waals surface area (Å²) >= 11 is 3.14. The summed E-state index contributed by atoms with van der Waals surface area (Å²) in [6, 6.07) is 9.63. The fourth-order valence-electron chi connectivity index (χ4n) is 3.15. The topological polar surface area (TPSA) is 94.4 Å². The molecule has 0 atom stereocenters. The van der Waals surface area contributed by atoms with Crippen LogP contribution in [0.1, 0.15) is 38.3 Å². The molecule has 0 bridgehead atoms. The molecular weight excluding hydrogens is 600 g/mol. The molecule has 1 N–H and O–H groups in total. The van der Waals surface area contributed by atoms with Gasteiger partial charge in [-0.25, -0.2) is 14.2 Å². The number of ether oxygens (including phenoxy) is 3. The number of aliphatic hydroxyl groups excluding tert-OH is 1. The van der Waals surface area contributed by atoms with E-state index in [-0.39, 0.29) is 41.8 Å². The Morgan fingerprint density at radius 1 is 1.11 bits per heavy atom. The highest BCUT2D eigenvalue weighted by atomic mass is 127. The standard InChI is InChI=1S/C26H25FINO6S/c1-4-21(30)29-25-22(26(32)34-6-3)23(31)20(36-25)13-16-11-18(28)24(19(12-16)33-5-2)35-14-15-7-9-17(27)10-8-15/h7-13,31H,4-6,14H2,1-3H3/b20-13-,29-25?.